The summed E-state index contributed by atoms with van der Waals surface area (Å²) >= 11 is 0. The smallest absolute Gasteiger partial charge is 0.306 e. The average molecular weight is 374 g/mol. The Kier molecular flexibility index (Phi) is 6.63. The molecule has 1 fully saturated rings. The first kappa shape index (κ1) is 20.9. The van der Waals surface area contributed by atoms with E-state index < -0.39 is 12.0 Å². The van der Waals surface area contributed by atoms with Crippen molar-refractivity contribution in [1.82, 2.24) is 10.6 Å². The second-order valence-corrected chi connectivity index (χ2v) is 8.42. The lowest BCUT2D eigenvalue weighted by atomic mass is 9.86. The zero-order valence-corrected chi connectivity index (χ0v) is 16.5. The first-order valence-corrected chi connectivity index (χ1v) is 9.52. The molecule has 0 aromatic heterocycles. The summed E-state index contributed by atoms with van der Waals surface area (Å²) in [6, 6.07) is 6.72. The highest BCUT2D eigenvalue weighted by atomic mass is 16.4. The van der Waals surface area contributed by atoms with Crippen molar-refractivity contribution in [2.45, 2.75) is 70.9 Å². The Morgan fingerprint density at radius 2 is 1.59 bits per heavy atom. The molecule has 0 bridgehead atoms. The van der Waals surface area contributed by atoms with Gasteiger partial charge in [-0.1, -0.05) is 32.9 Å². The van der Waals surface area contributed by atoms with Crippen molar-refractivity contribution in [1.29, 1.82) is 0 Å². The Bertz CT molecular complexity index is 683. The van der Waals surface area contributed by atoms with Crippen LogP contribution in [0.15, 0.2) is 24.3 Å². The molecular weight excluding hydrogens is 344 g/mol. The summed E-state index contributed by atoms with van der Waals surface area (Å²) < 4.78 is 0. The fourth-order valence-corrected chi connectivity index (χ4v) is 3.28. The van der Waals surface area contributed by atoms with Crippen molar-refractivity contribution in [2.75, 3.05) is 0 Å². The lowest BCUT2D eigenvalue weighted by Gasteiger charge is -2.28. The number of nitrogens with one attached hydrogen (secondary N) is 2. The average Bonchev–Trinajstić information content (AvgIpc) is 2.61. The molecule has 0 saturated heterocycles. The number of carbonyl (C=O) groups is 3. The minimum atomic E-state index is -0.766. The SMILES string of the molecule is CC(NC(=O)c1ccc(C(C)(C)C)cc1)C(=O)NC1CCC(C(=O)O)CC1. The van der Waals surface area contributed by atoms with E-state index in [1.807, 2.05) is 12.1 Å². The molecule has 6 nitrogen and oxygen atoms in total. The maximum absolute atomic E-state index is 12.4. The van der Waals surface area contributed by atoms with Gasteiger partial charge in [0.15, 0.2) is 0 Å². The predicted octanol–water partition coefficient (Wildman–Crippen LogP) is 2.86. The van der Waals surface area contributed by atoms with Gasteiger partial charge >= 0.3 is 5.97 Å². The molecule has 1 aromatic rings. The molecule has 6 heteroatoms. The molecule has 0 spiro atoms. The fourth-order valence-electron chi connectivity index (χ4n) is 3.28. The summed E-state index contributed by atoms with van der Waals surface area (Å²) in [6.07, 6.45) is 2.44. The van der Waals surface area contributed by atoms with Crippen molar-refractivity contribution < 1.29 is 19.5 Å². The van der Waals surface area contributed by atoms with E-state index in [-0.39, 0.29) is 29.2 Å². The fraction of sp³-hybridized carbons (Fsp3) is 0.571. The number of hydrogen-bond donors (Lipinski definition) is 3. The lowest BCUT2D eigenvalue weighted by molar-refractivity contribution is -0.142. The minimum absolute atomic E-state index is 0.0157. The standard InChI is InChI=1S/C21H30N2O4/c1-13(18(24)23-17-11-7-15(8-12-17)20(26)27)22-19(25)14-5-9-16(10-6-14)21(2,3)4/h5-6,9-10,13,15,17H,7-8,11-12H2,1-4H3,(H,22,25)(H,23,24)(H,26,27). The van der Waals surface area contributed by atoms with E-state index in [4.69, 9.17) is 5.11 Å². The van der Waals surface area contributed by atoms with Crippen LogP contribution in [0.3, 0.4) is 0 Å². The first-order chi connectivity index (χ1) is 12.6. The van der Waals surface area contributed by atoms with Crippen LogP contribution in [-0.4, -0.2) is 35.0 Å². The Balaban J connectivity index is 1.85. The summed E-state index contributed by atoms with van der Waals surface area (Å²) in [6.45, 7) is 7.98. The van der Waals surface area contributed by atoms with E-state index in [1.54, 1.807) is 19.1 Å². The van der Waals surface area contributed by atoms with Crippen molar-refractivity contribution in [2.24, 2.45) is 5.92 Å². The van der Waals surface area contributed by atoms with Crippen LogP contribution in [0.1, 0.15) is 69.3 Å². The Hall–Kier alpha value is -2.37. The molecule has 1 saturated carbocycles. The molecule has 0 radical (unpaired) electrons. The van der Waals surface area contributed by atoms with E-state index in [9.17, 15) is 14.4 Å². The summed E-state index contributed by atoms with van der Waals surface area (Å²) in [5.41, 5.74) is 1.67. The van der Waals surface area contributed by atoms with Gasteiger partial charge in [0, 0.05) is 11.6 Å². The van der Waals surface area contributed by atoms with Crippen LogP contribution in [0, 0.1) is 5.92 Å². The Morgan fingerprint density at radius 1 is 1.04 bits per heavy atom. The van der Waals surface area contributed by atoms with Gasteiger partial charge in [0.05, 0.1) is 5.92 Å². The van der Waals surface area contributed by atoms with Crippen LogP contribution < -0.4 is 10.6 Å². The molecule has 0 heterocycles. The Morgan fingerprint density at radius 3 is 2.07 bits per heavy atom. The van der Waals surface area contributed by atoms with E-state index in [2.05, 4.69) is 31.4 Å². The zero-order chi connectivity index (χ0) is 20.2. The quantitative estimate of drug-likeness (QED) is 0.738. The number of carboxylic acid groups (broad SMARTS) is 1. The normalized spacial score (nSPS) is 21.2. The topological polar surface area (TPSA) is 95.5 Å². The summed E-state index contributed by atoms with van der Waals surface area (Å²) in [5.74, 6) is -1.61. The van der Waals surface area contributed by atoms with Crippen LogP contribution >= 0.6 is 0 Å². The number of hydrogen-bond acceptors (Lipinski definition) is 3. The van der Waals surface area contributed by atoms with Crippen molar-refractivity contribution in [3.8, 4) is 0 Å². The highest BCUT2D eigenvalue weighted by Crippen LogP contribution is 2.24. The molecule has 1 aromatic carbocycles. The lowest BCUT2D eigenvalue weighted by Crippen LogP contribution is -2.49. The van der Waals surface area contributed by atoms with Gasteiger partial charge in [-0.3, -0.25) is 14.4 Å². The number of rotatable bonds is 5. The monoisotopic (exact) mass is 374 g/mol. The third-order valence-electron chi connectivity index (χ3n) is 5.18. The summed E-state index contributed by atoms with van der Waals surface area (Å²) in [7, 11) is 0. The second-order valence-electron chi connectivity index (χ2n) is 8.42. The summed E-state index contributed by atoms with van der Waals surface area (Å²) in [5, 5.41) is 14.7. The minimum Gasteiger partial charge on any atom is -0.481 e. The molecule has 1 unspecified atom stereocenters. The highest BCUT2D eigenvalue weighted by Gasteiger charge is 2.28. The largest absolute Gasteiger partial charge is 0.481 e. The van der Waals surface area contributed by atoms with Gasteiger partial charge in [-0.2, -0.15) is 0 Å². The molecule has 1 aliphatic rings. The van der Waals surface area contributed by atoms with Crippen molar-refractivity contribution >= 4 is 17.8 Å². The zero-order valence-electron chi connectivity index (χ0n) is 16.5. The molecule has 148 valence electrons. The van der Waals surface area contributed by atoms with E-state index in [1.165, 1.54) is 0 Å². The van der Waals surface area contributed by atoms with Gasteiger partial charge in [0.2, 0.25) is 5.91 Å². The number of amides is 2. The van der Waals surface area contributed by atoms with Crippen molar-refractivity contribution in [3.05, 3.63) is 35.4 Å². The number of carboxylic acids is 1. The van der Waals surface area contributed by atoms with Gasteiger partial charge in [-0.25, -0.2) is 0 Å². The summed E-state index contributed by atoms with van der Waals surface area (Å²) in [4.78, 5) is 35.7. The number of carbonyl (C=O) groups excluding carboxylic acids is 2. The van der Waals surface area contributed by atoms with Crippen LogP contribution in [0.2, 0.25) is 0 Å². The molecule has 3 N–H and O–H groups in total. The first-order valence-electron chi connectivity index (χ1n) is 9.52. The van der Waals surface area contributed by atoms with Gasteiger partial charge < -0.3 is 15.7 Å². The van der Waals surface area contributed by atoms with Crippen molar-refractivity contribution in [3.63, 3.8) is 0 Å². The molecule has 1 aliphatic carbocycles. The highest BCUT2D eigenvalue weighted by molar-refractivity contribution is 5.97. The van der Waals surface area contributed by atoms with E-state index in [0.717, 1.165) is 5.56 Å². The van der Waals surface area contributed by atoms with Gasteiger partial charge in [0.25, 0.3) is 5.91 Å². The Labute approximate surface area is 160 Å². The molecule has 27 heavy (non-hydrogen) atoms. The third kappa shape index (κ3) is 5.81. The van der Waals surface area contributed by atoms with Gasteiger partial charge in [0.1, 0.15) is 6.04 Å². The number of benzene rings is 1. The molecule has 1 atom stereocenters. The van der Waals surface area contributed by atoms with Gasteiger partial charge in [-0.15, -0.1) is 0 Å². The maximum atomic E-state index is 12.4. The van der Waals surface area contributed by atoms with Crippen LogP contribution in [-0.2, 0) is 15.0 Å². The van der Waals surface area contributed by atoms with Crippen LogP contribution in [0.4, 0.5) is 0 Å². The molecule has 2 amide bonds. The molecular formula is C21H30N2O4. The number of aliphatic carboxylic acids is 1. The van der Waals surface area contributed by atoms with E-state index >= 15 is 0 Å². The third-order valence-corrected chi connectivity index (χ3v) is 5.18. The van der Waals surface area contributed by atoms with E-state index in [0.29, 0.717) is 31.2 Å². The van der Waals surface area contributed by atoms with Crippen LogP contribution in [0.5, 0.6) is 0 Å². The van der Waals surface area contributed by atoms with Crippen LogP contribution in [0.25, 0.3) is 0 Å². The predicted molar refractivity (Wildman–Crippen MR) is 104 cm³/mol. The van der Waals surface area contributed by atoms with Gasteiger partial charge in [-0.05, 0) is 55.7 Å². The second kappa shape index (κ2) is 8.55. The maximum Gasteiger partial charge on any atom is 0.306 e. The molecule has 0 aliphatic heterocycles. The molecule has 2 rings (SSSR count).